The van der Waals surface area contributed by atoms with E-state index in [2.05, 4.69) is 5.32 Å². The molecule has 0 aliphatic rings. The van der Waals surface area contributed by atoms with Crippen LogP contribution in [-0.4, -0.2) is 38.7 Å². The molecule has 0 saturated carbocycles. The summed E-state index contributed by atoms with van der Waals surface area (Å²) in [5.41, 5.74) is 0. The predicted molar refractivity (Wildman–Crippen MR) is 58.0 cm³/mol. The lowest BCUT2D eigenvalue weighted by atomic mass is 10.2. The Balaban J connectivity index is 3.92. The molecule has 0 aromatic carbocycles. The number of hydrogen-bond donors (Lipinski definition) is 2. The fourth-order valence-electron chi connectivity index (χ4n) is 1.10. The van der Waals surface area contributed by atoms with Crippen LogP contribution in [-0.2, 0) is 20.4 Å². The number of carboxylic acid groups (broad SMARTS) is 1. The molecule has 0 rings (SSSR count). The highest BCUT2D eigenvalue weighted by Crippen LogP contribution is 1.96. The number of carbonyl (C=O) groups excluding carboxylic acids is 1. The van der Waals surface area contributed by atoms with Crippen molar-refractivity contribution in [3.8, 4) is 0 Å². The maximum atomic E-state index is 11.3. The van der Waals surface area contributed by atoms with Gasteiger partial charge in [0.1, 0.15) is 11.5 Å². The third-order valence-corrected chi connectivity index (χ3v) is 3.08. The van der Waals surface area contributed by atoms with E-state index in [0.717, 1.165) is 12.8 Å². The fraction of sp³-hybridized carbons (Fsp3) is 0.778. The quantitative estimate of drug-likeness (QED) is 0.656. The van der Waals surface area contributed by atoms with E-state index in [-0.39, 0.29) is 17.7 Å². The highest BCUT2D eigenvalue weighted by Gasteiger charge is 2.13. The van der Waals surface area contributed by atoms with Crippen LogP contribution >= 0.6 is 0 Å². The molecule has 0 saturated heterocycles. The van der Waals surface area contributed by atoms with E-state index in [9.17, 15) is 13.8 Å². The number of hydrogen-bond acceptors (Lipinski definition) is 3. The monoisotopic (exact) mass is 235 g/mol. The summed E-state index contributed by atoms with van der Waals surface area (Å²) in [6, 6.07) is 0.0827. The molecule has 0 aromatic rings. The standard InChI is InChI=1S/C9H17NO4S/c1-3-7(4-2)10-8(11)5-15(14)6-9(12)13/h7H,3-6H2,1-2H3,(H,10,11)(H,12,13). The maximum Gasteiger partial charge on any atom is 0.316 e. The molecule has 0 spiro atoms. The van der Waals surface area contributed by atoms with Crippen molar-refractivity contribution >= 4 is 22.7 Å². The van der Waals surface area contributed by atoms with Gasteiger partial charge in [-0.1, -0.05) is 13.8 Å². The summed E-state index contributed by atoms with van der Waals surface area (Å²) in [6.45, 7) is 3.89. The first-order valence-electron chi connectivity index (χ1n) is 4.85. The molecular formula is C9H17NO4S. The zero-order valence-electron chi connectivity index (χ0n) is 8.99. The highest BCUT2D eigenvalue weighted by atomic mass is 32.2. The van der Waals surface area contributed by atoms with Crippen molar-refractivity contribution in [2.24, 2.45) is 0 Å². The first kappa shape index (κ1) is 14.1. The van der Waals surface area contributed by atoms with Crippen LogP contribution in [0.4, 0.5) is 0 Å². The van der Waals surface area contributed by atoms with E-state index in [4.69, 9.17) is 5.11 Å². The Hall–Kier alpha value is -0.910. The molecular weight excluding hydrogens is 218 g/mol. The number of amides is 1. The van der Waals surface area contributed by atoms with Gasteiger partial charge in [0.2, 0.25) is 5.91 Å². The van der Waals surface area contributed by atoms with Crippen molar-refractivity contribution in [1.82, 2.24) is 5.32 Å². The van der Waals surface area contributed by atoms with Crippen LogP contribution in [0.1, 0.15) is 26.7 Å². The Kier molecular flexibility index (Phi) is 6.94. The third kappa shape index (κ3) is 7.07. The second-order valence-electron chi connectivity index (χ2n) is 3.20. The van der Waals surface area contributed by atoms with Crippen molar-refractivity contribution in [2.75, 3.05) is 11.5 Å². The molecule has 0 heterocycles. The Morgan fingerprint density at radius 2 is 1.80 bits per heavy atom. The van der Waals surface area contributed by atoms with E-state index in [1.54, 1.807) is 0 Å². The molecule has 0 fully saturated rings. The lowest BCUT2D eigenvalue weighted by molar-refractivity contribution is -0.133. The Morgan fingerprint density at radius 1 is 1.27 bits per heavy atom. The molecule has 0 aliphatic carbocycles. The Morgan fingerprint density at radius 3 is 2.20 bits per heavy atom. The van der Waals surface area contributed by atoms with Crippen LogP contribution in [0.25, 0.3) is 0 Å². The average Bonchev–Trinajstić information content (AvgIpc) is 2.12. The van der Waals surface area contributed by atoms with Gasteiger partial charge in [-0.25, -0.2) is 0 Å². The van der Waals surface area contributed by atoms with Crippen LogP contribution in [0, 0.1) is 0 Å². The van der Waals surface area contributed by atoms with E-state index >= 15 is 0 Å². The zero-order valence-corrected chi connectivity index (χ0v) is 9.80. The van der Waals surface area contributed by atoms with E-state index in [1.165, 1.54) is 0 Å². The van der Waals surface area contributed by atoms with Crippen LogP contribution in [0.15, 0.2) is 0 Å². The topological polar surface area (TPSA) is 83.5 Å². The van der Waals surface area contributed by atoms with Gasteiger partial charge in [-0.05, 0) is 12.8 Å². The molecule has 0 radical (unpaired) electrons. The van der Waals surface area contributed by atoms with Gasteiger partial charge in [-0.3, -0.25) is 13.8 Å². The van der Waals surface area contributed by atoms with E-state index in [0.29, 0.717) is 0 Å². The predicted octanol–water partition coefficient (Wildman–Crippen LogP) is 0.124. The van der Waals surface area contributed by atoms with Crippen molar-refractivity contribution < 1.29 is 18.9 Å². The minimum Gasteiger partial charge on any atom is -0.481 e. The molecule has 6 heteroatoms. The summed E-state index contributed by atoms with van der Waals surface area (Å²) < 4.78 is 11.1. The first-order valence-corrected chi connectivity index (χ1v) is 6.34. The molecule has 0 aliphatic heterocycles. The van der Waals surface area contributed by atoms with Crippen molar-refractivity contribution in [2.45, 2.75) is 32.7 Å². The highest BCUT2D eigenvalue weighted by molar-refractivity contribution is 7.86. The first-order chi connectivity index (χ1) is 6.99. The Labute approximate surface area is 91.7 Å². The Bertz CT molecular complexity index is 250. The van der Waals surface area contributed by atoms with Gasteiger partial charge in [0.25, 0.3) is 0 Å². The zero-order chi connectivity index (χ0) is 11.8. The summed E-state index contributed by atoms with van der Waals surface area (Å²) >= 11 is 0. The third-order valence-electron chi connectivity index (χ3n) is 1.93. The van der Waals surface area contributed by atoms with Gasteiger partial charge >= 0.3 is 5.97 Å². The number of nitrogens with one attached hydrogen (secondary N) is 1. The summed E-state index contributed by atoms with van der Waals surface area (Å²) in [7, 11) is -1.61. The summed E-state index contributed by atoms with van der Waals surface area (Å²) in [5.74, 6) is -2.20. The van der Waals surface area contributed by atoms with Crippen LogP contribution in [0.3, 0.4) is 0 Å². The molecule has 0 aromatic heterocycles. The van der Waals surface area contributed by atoms with Crippen molar-refractivity contribution in [3.05, 3.63) is 0 Å². The number of aliphatic carboxylic acids is 1. The lowest BCUT2D eigenvalue weighted by Crippen LogP contribution is -2.37. The smallest absolute Gasteiger partial charge is 0.316 e. The largest absolute Gasteiger partial charge is 0.481 e. The second kappa shape index (κ2) is 7.39. The lowest BCUT2D eigenvalue weighted by Gasteiger charge is -2.13. The van der Waals surface area contributed by atoms with E-state index < -0.39 is 22.5 Å². The number of carboxylic acids is 1. The van der Waals surface area contributed by atoms with Gasteiger partial charge < -0.3 is 10.4 Å². The minimum absolute atomic E-state index is 0.0827. The van der Waals surface area contributed by atoms with Crippen LogP contribution < -0.4 is 5.32 Å². The summed E-state index contributed by atoms with van der Waals surface area (Å²) in [5, 5.41) is 11.0. The normalized spacial score (nSPS) is 12.5. The molecule has 88 valence electrons. The van der Waals surface area contributed by atoms with Gasteiger partial charge in [0, 0.05) is 16.8 Å². The van der Waals surface area contributed by atoms with Gasteiger partial charge in [-0.15, -0.1) is 0 Å². The van der Waals surface area contributed by atoms with Crippen molar-refractivity contribution in [1.29, 1.82) is 0 Å². The van der Waals surface area contributed by atoms with Crippen LogP contribution in [0.5, 0.6) is 0 Å². The molecule has 15 heavy (non-hydrogen) atoms. The van der Waals surface area contributed by atoms with Crippen LogP contribution in [0.2, 0.25) is 0 Å². The second-order valence-corrected chi connectivity index (χ2v) is 4.66. The van der Waals surface area contributed by atoms with Crippen molar-refractivity contribution in [3.63, 3.8) is 0 Å². The number of carbonyl (C=O) groups is 2. The number of rotatable bonds is 7. The minimum atomic E-state index is -1.61. The van der Waals surface area contributed by atoms with Gasteiger partial charge in [-0.2, -0.15) is 0 Å². The summed E-state index contributed by atoms with van der Waals surface area (Å²) in [6.07, 6.45) is 1.63. The molecule has 5 nitrogen and oxygen atoms in total. The fourth-order valence-corrected chi connectivity index (χ4v) is 1.85. The molecule has 0 bridgehead atoms. The molecule has 1 amide bonds. The van der Waals surface area contributed by atoms with Gasteiger partial charge in [0.05, 0.1) is 0 Å². The van der Waals surface area contributed by atoms with E-state index in [1.807, 2.05) is 13.8 Å². The summed E-state index contributed by atoms with van der Waals surface area (Å²) in [4.78, 5) is 21.5. The van der Waals surface area contributed by atoms with Gasteiger partial charge in [0.15, 0.2) is 0 Å². The molecule has 2 N–H and O–H groups in total. The molecule has 1 atom stereocenters. The maximum absolute atomic E-state index is 11.3. The average molecular weight is 235 g/mol. The molecule has 1 unspecified atom stereocenters. The SMILES string of the molecule is CCC(CC)NC(=O)CS(=O)CC(=O)O.